The van der Waals surface area contributed by atoms with Crippen molar-refractivity contribution in [2.45, 2.75) is 6.92 Å². The fourth-order valence-electron chi connectivity index (χ4n) is 1.79. The first-order chi connectivity index (χ1) is 8.95. The fraction of sp³-hybridized carbons (Fsp3) is 0.385. The molecule has 0 saturated carbocycles. The molecule has 1 amide bonds. The maximum Gasteiger partial charge on any atom is 0.323 e. The van der Waals surface area contributed by atoms with Crippen LogP contribution in [0.15, 0.2) is 18.2 Å². The number of aliphatic carboxylic acids is 1. The maximum absolute atomic E-state index is 11.1. The zero-order valence-electron chi connectivity index (χ0n) is 11.0. The van der Waals surface area contributed by atoms with Crippen molar-refractivity contribution >= 4 is 17.6 Å². The number of carboxylic acids is 1. The Morgan fingerprint density at radius 3 is 2.58 bits per heavy atom. The van der Waals surface area contributed by atoms with Crippen LogP contribution in [-0.2, 0) is 9.53 Å². The molecule has 0 aliphatic carbocycles. The molecule has 0 radical (unpaired) electrons. The third kappa shape index (κ3) is 4.26. The lowest BCUT2D eigenvalue weighted by Crippen LogP contribution is -2.32. The van der Waals surface area contributed by atoms with E-state index < -0.39 is 11.9 Å². The van der Waals surface area contributed by atoms with Crippen molar-refractivity contribution in [3.8, 4) is 0 Å². The molecule has 3 N–H and O–H groups in total. The molecule has 0 unspecified atom stereocenters. The van der Waals surface area contributed by atoms with Gasteiger partial charge in [-0.25, -0.2) is 0 Å². The summed E-state index contributed by atoms with van der Waals surface area (Å²) in [7, 11) is 1.56. The Balaban J connectivity index is 2.98. The number of primary amides is 1. The van der Waals surface area contributed by atoms with Crippen LogP contribution in [0.5, 0.6) is 0 Å². The molecule has 0 aliphatic heterocycles. The molecule has 6 heteroatoms. The van der Waals surface area contributed by atoms with E-state index in [4.69, 9.17) is 15.6 Å². The van der Waals surface area contributed by atoms with Crippen molar-refractivity contribution < 1.29 is 19.4 Å². The maximum atomic E-state index is 11.1. The van der Waals surface area contributed by atoms with E-state index in [1.165, 1.54) is 0 Å². The molecule has 0 aliphatic rings. The molecule has 0 bridgehead atoms. The summed E-state index contributed by atoms with van der Waals surface area (Å²) < 4.78 is 4.96. The number of carboxylic acid groups (broad SMARTS) is 1. The van der Waals surface area contributed by atoms with Crippen molar-refractivity contribution in [3.05, 3.63) is 29.3 Å². The van der Waals surface area contributed by atoms with Crippen molar-refractivity contribution in [3.63, 3.8) is 0 Å². The predicted molar refractivity (Wildman–Crippen MR) is 71.4 cm³/mol. The minimum Gasteiger partial charge on any atom is -0.480 e. The first kappa shape index (κ1) is 15.0. The van der Waals surface area contributed by atoms with Gasteiger partial charge in [-0.15, -0.1) is 0 Å². The molecule has 0 saturated heterocycles. The second-order valence-electron chi connectivity index (χ2n) is 4.17. The molecular weight excluding hydrogens is 248 g/mol. The Labute approximate surface area is 111 Å². The Morgan fingerprint density at radius 2 is 2.11 bits per heavy atom. The summed E-state index contributed by atoms with van der Waals surface area (Å²) in [6.07, 6.45) is 0. The van der Waals surface area contributed by atoms with Crippen molar-refractivity contribution in [1.29, 1.82) is 0 Å². The lowest BCUT2D eigenvalue weighted by molar-refractivity contribution is -0.135. The smallest absolute Gasteiger partial charge is 0.323 e. The summed E-state index contributed by atoms with van der Waals surface area (Å²) in [6.45, 7) is 2.51. The second kappa shape index (κ2) is 6.75. The van der Waals surface area contributed by atoms with E-state index in [9.17, 15) is 9.59 Å². The number of carbonyl (C=O) groups is 2. The lowest BCUT2D eigenvalue weighted by Gasteiger charge is -2.23. The summed E-state index contributed by atoms with van der Waals surface area (Å²) in [5, 5.41) is 8.90. The van der Waals surface area contributed by atoms with Crippen LogP contribution in [-0.4, -0.2) is 43.8 Å². The third-order valence-electron chi connectivity index (χ3n) is 2.73. The number of carbonyl (C=O) groups excluding carboxylic acids is 1. The van der Waals surface area contributed by atoms with Crippen LogP contribution >= 0.6 is 0 Å². The fourth-order valence-corrected chi connectivity index (χ4v) is 1.79. The molecule has 1 rings (SSSR count). The number of nitrogens with zero attached hydrogens (tertiary/aromatic N) is 1. The monoisotopic (exact) mass is 266 g/mol. The normalized spacial score (nSPS) is 10.2. The van der Waals surface area contributed by atoms with E-state index in [2.05, 4.69) is 0 Å². The zero-order chi connectivity index (χ0) is 14.4. The van der Waals surface area contributed by atoms with Gasteiger partial charge < -0.3 is 20.5 Å². The van der Waals surface area contributed by atoms with Crippen LogP contribution in [0.3, 0.4) is 0 Å². The predicted octanol–water partition coefficient (Wildman–Crippen LogP) is 0.631. The van der Waals surface area contributed by atoms with Gasteiger partial charge in [0, 0.05) is 24.9 Å². The SMILES string of the molecule is COCCN(CC(=O)O)c1ccc(C(N)=O)c(C)c1. The van der Waals surface area contributed by atoms with Gasteiger partial charge in [-0.05, 0) is 30.7 Å². The van der Waals surface area contributed by atoms with E-state index in [0.717, 1.165) is 11.3 Å². The molecule has 0 spiro atoms. The highest BCUT2D eigenvalue weighted by Gasteiger charge is 2.13. The molecule has 19 heavy (non-hydrogen) atoms. The molecular formula is C13H18N2O4. The van der Waals surface area contributed by atoms with E-state index in [1.54, 1.807) is 37.1 Å². The number of hydrogen-bond donors (Lipinski definition) is 2. The number of methoxy groups -OCH3 is 1. The number of rotatable bonds is 7. The summed E-state index contributed by atoms with van der Waals surface area (Å²) in [6, 6.07) is 5.04. The molecule has 1 aromatic rings. The topological polar surface area (TPSA) is 92.9 Å². The number of hydrogen-bond acceptors (Lipinski definition) is 4. The van der Waals surface area contributed by atoms with Crippen LogP contribution in [0, 0.1) is 6.92 Å². The number of ether oxygens (including phenoxy) is 1. The summed E-state index contributed by atoms with van der Waals surface area (Å²) in [5.74, 6) is -1.42. The van der Waals surface area contributed by atoms with E-state index in [1.807, 2.05) is 0 Å². The second-order valence-corrected chi connectivity index (χ2v) is 4.17. The van der Waals surface area contributed by atoms with Gasteiger partial charge in [-0.3, -0.25) is 9.59 Å². The minimum absolute atomic E-state index is 0.126. The quantitative estimate of drug-likeness (QED) is 0.755. The van der Waals surface area contributed by atoms with Gasteiger partial charge in [-0.1, -0.05) is 0 Å². The number of nitrogens with two attached hydrogens (primary N) is 1. The largest absolute Gasteiger partial charge is 0.480 e. The zero-order valence-corrected chi connectivity index (χ0v) is 11.0. The molecule has 104 valence electrons. The van der Waals surface area contributed by atoms with Crippen molar-refractivity contribution in [2.24, 2.45) is 5.73 Å². The molecule has 0 atom stereocenters. The minimum atomic E-state index is -0.923. The van der Waals surface area contributed by atoms with Gasteiger partial charge in [0.2, 0.25) is 5.91 Å². The first-order valence-corrected chi connectivity index (χ1v) is 5.82. The number of anilines is 1. The highest BCUT2D eigenvalue weighted by molar-refractivity contribution is 5.94. The summed E-state index contributed by atoms with van der Waals surface area (Å²) >= 11 is 0. The lowest BCUT2D eigenvalue weighted by atomic mass is 10.1. The van der Waals surface area contributed by atoms with Crippen LogP contribution in [0.25, 0.3) is 0 Å². The highest BCUT2D eigenvalue weighted by atomic mass is 16.5. The average molecular weight is 266 g/mol. The first-order valence-electron chi connectivity index (χ1n) is 5.82. The van der Waals surface area contributed by atoms with E-state index in [0.29, 0.717) is 18.7 Å². The van der Waals surface area contributed by atoms with Crippen molar-refractivity contribution in [1.82, 2.24) is 0 Å². The molecule has 0 aromatic heterocycles. The third-order valence-corrected chi connectivity index (χ3v) is 2.73. The van der Waals surface area contributed by atoms with Gasteiger partial charge in [0.1, 0.15) is 6.54 Å². The Bertz CT molecular complexity index is 474. The standard InChI is InChI=1S/C13H18N2O4/c1-9-7-10(3-4-11(9)13(14)18)15(5-6-19-2)8-12(16)17/h3-4,7H,5-6,8H2,1-2H3,(H2,14,18)(H,16,17). The Hall–Kier alpha value is -2.08. The van der Waals surface area contributed by atoms with Crippen molar-refractivity contribution in [2.75, 3.05) is 31.7 Å². The highest BCUT2D eigenvalue weighted by Crippen LogP contribution is 2.19. The summed E-state index contributed by atoms with van der Waals surface area (Å²) in [4.78, 5) is 23.7. The van der Waals surface area contributed by atoms with Gasteiger partial charge in [0.05, 0.1) is 6.61 Å². The Morgan fingerprint density at radius 1 is 1.42 bits per heavy atom. The number of aryl methyl sites for hydroxylation is 1. The van der Waals surface area contributed by atoms with Crippen LogP contribution < -0.4 is 10.6 Å². The average Bonchev–Trinajstić information content (AvgIpc) is 2.33. The van der Waals surface area contributed by atoms with Crippen LogP contribution in [0.2, 0.25) is 0 Å². The molecule has 1 aromatic carbocycles. The molecule has 0 fully saturated rings. The van der Waals surface area contributed by atoms with Gasteiger partial charge in [-0.2, -0.15) is 0 Å². The van der Waals surface area contributed by atoms with Crippen LogP contribution in [0.4, 0.5) is 5.69 Å². The number of benzene rings is 1. The van der Waals surface area contributed by atoms with Crippen LogP contribution in [0.1, 0.15) is 15.9 Å². The molecule has 0 heterocycles. The summed E-state index contributed by atoms with van der Waals surface area (Å²) in [5.41, 5.74) is 7.12. The van der Waals surface area contributed by atoms with Gasteiger partial charge in [0.15, 0.2) is 0 Å². The van der Waals surface area contributed by atoms with E-state index in [-0.39, 0.29) is 6.54 Å². The van der Waals surface area contributed by atoms with Gasteiger partial charge in [0.25, 0.3) is 0 Å². The number of amides is 1. The Kier molecular flexibility index (Phi) is 5.32. The van der Waals surface area contributed by atoms with Gasteiger partial charge >= 0.3 is 5.97 Å². The molecule has 6 nitrogen and oxygen atoms in total. The van der Waals surface area contributed by atoms with E-state index >= 15 is 0 Å².